The Morgan fingerprint density at radius 2 is 1.85 bits per heavy atom. The zero-order chi connectivity index (χ0) is 19.5. The smallest absolute Gasteiger partial charge is 0.257 e. The first-order valence-electron chi connectivity index (χ1n) is 7.76. The fraction of sp³-hybridized carbons (Fsp3) is 0.235. The third-order valence-corrected chi connectivity index (χ3v) is 6.74. The fourth-order valence-corrected chi connectivity index (χ4v) is 4.47. The van der Waals surface area contributed by atoms with Gasteiger partial charge >= 0.3 is 0 Å². The zero-order valence-electron chi connectivity index (χ0n) is 14.1. The Morgan fingerprint density at radius 1 is 1.19 bits per heavy atom. The largest absolute Gasteiger partial charge is 0.321 e. The average molecular weight is 464 g/mol. The van der Waals surface area contributed by atoms with Crippen molar-refractivity contribution in [2.45, 2.75) is 18.7 Å². The summed E-state index contributed by atoms with van der Waals surface area (Å²) in [6.45, 7) is 4.09. The molecule has 0 saturated carbocycles. The van der Waals surface area contributed by atoms with Crippen molar-refractivity contribution < 1.29 is 17.6 Å². The van der Waals surface area contributed by atoms with Gasteiger partial charge in [0.25, 0.3) is 5.91 Å². The topological polar surface area (TPSA) is 66.5 Å². The van der Waals surface area contributed by atoms with Crippen LogP contribution in [0.2, 0.25) is 5.02 Å². The third-order valence-electron chi connectivity index (χ3n) is 3.70. The number of carbonyl (C=O) groups is 1. The van der Waals surface area contributed by atoms with Crippen molar-refractivity contribution >= 4 is 49.1 Å². The molecular weight excluding hydrogens is 447 g/mol. The van der Waals surface area contributed by atoms with Crippen molar-refractivity contribution in [3.63, 3.8) is 0 Å². The fourth-order valence-electron chi connectivity index (χ4n) is 2.33. The van der Waals surface area contributed by atoms with E-state index in [1.165, 1.54) is 40.7 Å². The van der Waals surface area contributed by atoms with Gasteiger partial charge in [0, 0.05) is 17.6 Å². The van der Waals surface area contributed by atoms with E-state index in [4.69, 9.17) is 11.6 Å². The minimum atomic E-state index is -3.72. The summed E-state index contributed by atoms with van der Waals surface area (Å²) in [7, 11) is -3.72. The lowest BCUT2D eigenvalue weighted by Gasteiger charge is -2.19. The quantitative estimate of drug-likeness (QED) is 0.685. The Kier molecular flexibility index (Phi) is 6.79. The van der Waals surface area contributed by atoms with Crippen LogP contribution in [0.15, 0.2) is 45.8 Å². The van der Waals surface area contributed by atoms with Crippen LogP contribution in [-0.2, 0) is 10.0 Å². The predicted octanol–water partition coefficient (Wildman–Crippen LogP) is 4.52. The van der Waals surface area contributed by atoms with Crippen LogP contribution in [0.1, 0.15) is 24.2 Å². The van der Waals surface area contributed by atoms with Crippen LogP contribution in [0.3, 0.4) is 0 Å². The minimum absolute atomic E-state index is 0.0103. The van der Waals surface area contributed by atoms with Gasteiger partial charge in [-0.15, -0.1) is 0 Å². The molecule has 0 spiro atoms. The van der Waals surface area contributed by atoms with Crippen molar-refractivity contribution in [3.8, 4) is 0 Å². The number of amides is 1. The molecule has 0 unspecified atom stereocenters. The number of anilines is 1. The molecule has 0 fully saturated rings. The standard InChI is InChI=1S/C17H17BrClFN2O3S/c1-3-22(4-2)26(24,25)12-6-7-15(19)13(10-12)17(23)21-16-8-5-11(20)9-14(16)18/h5-10H,3-4H2,1-2H3,(H,21,23). The number of benzene rings is 2. The van der Waals surface area contributed by atoms with Gasteiger partial charge in [0.2, 0.25) is 10.0 Å². The lowest BCUT2D eigenvalue weighted by atomic mass is 10.2. The van der Waals surface area contributed by atoms with Gasteiger partial charge in [0.05, 0.1) is 21.2 Å². The SMILES string of the molecule is CCN(CC)S(=O)(=O)c1ccc(Cl)c(C(=O)Nc2ccc(F)cc2Br)c1. The maximum absolute atomic E-state index is 13.2. The number of rotatable bonds is 6. The zero-order valence-corrected chi connectivity index (χ0v) is 17.3. The summed E-state index contributed by atoms with van der Waals surface area (Å²) in [5.74, 6) is -1.06. The maximum Gasteiger partial charge on any atom is 0.257 e. The molecule has 0 aliphatic heterocycles. The second kappa shape index (κ2) is 8.47. The van der Waals surface area contributed by atoms with E-state index < -0.39 is 21.7 Å². The van der Waals surface area contributed by atoms with Gasteiger partial charge in [-0.25, -0.2) is 12.8 Å². The van der Waals surface area contributed by atoms with E-state index in [1.807, 2.05) is 0 Å². The van der Waals surface area contributed by atoms with E-state index in [1.54, 1.807) is 13.8 Å². The van der Waals surface area contributed by atoms with Crippen molar-refractivity contribution in [1.82, 2.24) is 4.31 Å². The van der Waals surface area contributed by atoms with Gasteiger partial charge in [-0.05, 0) is 52.3 Å². The van der Waals surface area contributed by atoms with Crippen molar-refractivity contribution in [2.75, 3.05) is 18.4 Å². The maximum atomic E-state index is 13.2. The van der Waals surface area contributed by atoms with Crippen molar-refractivity contribution in [3.05, 3.63) is 57.3 Å². The molecule has 0 aliphatic carbocycles. The number of hydrogen-bond acceptors (Lipinski definition) is 3. The highest BCUT2D eigenvalue weighted by atomic mass is 79.9. The van der Waals surface area contributed by atoms with Gasteiger partial charge in [-0.3, -0.25) is 4.79 Å². The minimum Gasteiger partial charge on any atom is -0.321 e. The highest BCUT2D eigenvalue weighted by Crippen LogP contribution is 2.27. The van der Waals surface area contributed by atoms with E-state index in [2.05, 4.69) is 21.2 Å². The molecule has 2 aromatic carbocycles. The molecule has 140 valence electrons. The molecule has 0 bridgehead atoms. The van der Waals surface area contributed by atoms with Crippen LogP contribution in [0.5, 0.6) is 0 Å². The Bertz CT molecular complexity index is 934. The second-order valence-electron chi connectivity index (χ2n) is 5.31. The van der Waals surface area contributed by atoms with Gasteiger partial charge in [0.1, 0.15) is 5.82 Å². The van der Waals surface area contributed by atoms with Crippen LogP contribution in [0.4, 0.5) is 10.1 Å². The summed E-state index contributed by atoms with van der Waals surface area (Å²) in [6.07, 6.45) is 0. The first-order chi connectivity index (χ1) is 12.2. The molecule has 0 atom stereocenters. The molecule has 5 nitrogen and oxygen atoms in total. The predicted molar refractivity (Wildman–Crippen MR) is 104 cm³/mol. The number of hydrogen-bond donors (Lipinski definition) is 1. The monoisotopic (exact) mass is 462 g/mol. The summed E-state index contributed by atoms with van der Waals surface area (Å²) >= 11 is 9.24. The van der Waals surface area contributed by atoms with Gasteiger partial charge in [0.15, 0.2) is 0 Å². The van der Waals surface area contributed by atoms with E-state index in [9.17, 15) is 17.6 Å². The number of halogens is 3. The molecule has 0 aliphatic rings. The average Bonchev–Trinajstić information content (AvgIpc) is 2.58. The van der Waals surface area contributed by atoms with Gasteiger partial charge in [-0.1, -0.05) is 25.4 Å². The molecule has 0 aromatic heterocycles. The lowest BCUT2D eigenvalue weighted by Crippen LogP contribution is -2.30. The number of nitrogens with one attached hydrogen (secondary N) is 1. The normalized spacial score (nSPS) is 11.6. The molecule has 1 amide bonds. The molecule has 2 aromatic rings. The van der Waals surface area contributed by atoms with Gasteiger partial charge in [-0.2, -0.15) is 4.31 Å². The number of sulfonamides is 1. The van der Waals surface area contributed by atoms with E-state index in [-0.39, 0.29) is 15.5 Å². The van der Waals surface area contributed by atoms with Crippen molar-refractivity contribution in [1.29, 1.82) is 0 Å². The van der Waals surface area contributed by atoms with Crippen LogP contribution >= 0.6 is 27.5 Å². The third kappa shape index (κ3) is 4.43. The summed E-state index contributed by atoms with van der Waals surface area (Å²) in [4.78, 5) is 12.5. The molecule has 0 saturated heterocycles. The van der Waals surface area contributed by atoms with Crippen LogP contribution in [0, 0.1) is 5.82 Å². The molecule has 0 heterocycles. The molecule has 9 heteroatoms. The molecule has 26 heavy (non-hydrogen) atoms. The molecule has 2 rings (SSSR count). The Balaban J connectivity index is 2.39. The highest BCUT2D eigenvalue weighted by Gasteiger charge is 2.24. The summed E-state index contributed by atoms with van der Waals surface area (Å²) < 4.78 is 40.1. The lowest BCUT2D eigenvalue weighted by molar-refractivity contribution is 0.102. The Hall–Kier alpha value is -1.48. The Morgan fingerprint density at radius 3 is 2.42 bits per heavy atom. The molecule has 1 N–H and O–H groups in total. The van der Waals surface area contributed by atoms with Crippen molar-refractivity contribution in [2.24, 2.45) is 0 Å². The first-order valence-corrected chi connectivity index (χ1v) is 10.4. The van der Waals surface area contributed by atoms with Gasteiger partial charge < -0.3 is 5.32 Å². The number of nitrogens with zero attached hydrogens (tertiary/aromatic N) is 1. The summed E-state index contributed by atoms with van der Waals surface area (Å²) in [5.41, 5.74) is 0.348. The Labute approximate surface area is 165 Å². The van der Waals surface area contributed by atoms with E-state index in [0.717, 1.165) is 0 Å². The van der Waals surface area contributed by atoms with Crippen LogP contribution < -0.4 is 5.32 Å². The molecule has 0 radical (unpaired) electrons. The summed E-state index contributed by atoms with van der Waals surface area (Å²) in [5, 5.41) is 2.70. The van der Waals surface area contributed by atoms with Crippen LogP contribution in [-0.4, -0.2) is 31.7 Å². The van der Waals surface area contributed by atoms with E-state index in [0.29, 0.717) is 23.2 Å². The first kappa shape index (κ1) is 20.8. The molecular formula is C17H17BrClFN2O3S. The van der Waals surface area contributed by atoms with Crippen LogP contribution in [0.25, 0.3) is 0 Å². The second-order valence-corrected chi connectivity index (χ2v) is 8.51. The highest BCUT2D eigenvalue weighted by molar-refractivity contribution is 9.10. The number of carbonyl (C=O) groups excluding carboxylic acids is 1. The summed E-state index contributed by atoms with van der Waals surface area (Å²) in [6, 6.07) is 7.76. The van der Waals surface area contributed by atoms with E-state index >= 15 is 0 Å².